The number of rotatable bonds is 3. The van der Waals surface area contributed by atoms with Crippen LogP contribution in [0.25, 0.3) is 0 Å². The summed E-state index contributed by atoms with van der Waals surface area (Å²) in [5, 5.41) is 9.27. The fraction of sp³-hybridized carbons (Fsp3) is 0.267. The molecule has 0 bridgehead atoms. The number of benzene rings is 1. The molecule has 0 fully saturated rings. The van der Waals surface area contributed by atoms with Gasteiger partial charge in [0.2, 0.25) is 0 Å². The van der Waals surface area contributed by atoms with Crippen LogP contribution in [0.4, 0.5) is 11.5 Å². The molecule has 0 aliphatic rings. The quantitative estimate of drug-likeness (QED) is 0.892. The maximum atomic E-state index is 9.27. The van der Waals surface area contributed by atoms with Crippen LogP contribution in [0.15, 0.2) is 42.6 Å². The monoisotopic (exact) mass is 242 g/mol. The van der Waals surface area contributed by atoms with Crippen molar-refractivity contribution in [3.63, 3.8) is 0 Å². The summed E-state index contributed by atoms with van der Waals surface area (Å²) in [7, 11) is 1.96. The number of phenols is 1. The van der Waals surface area contributed by atoms with Gasteiger partial charge in [-0.15, -0.1) is 0 Å². The highest BCUT2D eigenvalue weighted by molar-refractivity contribution is 5.59. The summed E-state index contributed by atoms with van der Waals surface area (Å²) in [6.07, 6.45) is 1.91. The molecule has 0 saturated heterocycles. The molecule has 0 spiro atoms. The van der Waals surface area contributed by atoms with Gasteiger partial charge in [0.05, 0.1) is 0 Å². The largest absolute Gasteiger partial charge is 0.508 e. The van der Waals surface area contributed by atoms with Gasteiger partial charge < -0.3 is 10.0 Å². The second kappa shape index (κ2) is 5.08. The molecule has 0 unspecified atom stereocenters. The molecule has 2 aromatic rings. The van der Waals surface area contributed by atoms with Crippen molar-refractivity contribution in [3.05, 3.63) is 48.2 Å². The average molecular weight is 242 g/mol. The molecule has 0 saturated carbocycles. The van der Waals surface area contributed by atoms with Crippen molar-refractivity contribution in [3.8, 4) is 5.75 Å². The number of pyridine rings is 1. The average Bonchev–Trinajstić information content (AvgIpc) is 2.39. The van der Waals surface area contributed by atoms with E-state index in [2.05, 4.69) is 24.9 Å². The molecule has 1 aromatic carbocycles. The van der Waals surface area contributed by atoms with E-state index in [-0.39, 0.29) is 5.75 Å². The van der Waals surface area contributed by atoms with Gasteiger partial charge in [0.15, 0.2) is 0 Å². The van der Waals surface area contributed by atoms with Crippen molar-refractivity contribution >= 4 is 11.5 Å². The second-order valence-electron chi connectivity index (χ2n) is 4.68. The summed E-state index contributed by atoms with van der Waals surface area (Å²) in [5.41, 5.74) is 2.23. The van der Waals surface area contributed by atoms with Gasteiger partial charge in [0, 0.05) is 18.9 Å². The molecule has 18 heavy (non-hydrogen) atoms. The third-order valence-corrected chi connectivity index (χ3v) is 3.02. The van der Waals surface area contributed by atoms with Crippen LogP contribution in [0.3, 0.4) is 0 Å². The van der Waals surface area contributed by atoms with Crippen LogP contribution in [0.2, 0.25) is 0 Å². The second-order valence-corrected chi connectivity index (χ2v) is 4.68. The van der Waals surface area contributed by atoms with Gasteiger partial charge in [-0.2, -0.15) is 0 Å². The van der Waals surface area contributed by atoms with Gasteiger partial charge >= 0.3 is 0 Å². The van der Waals surface area contributed by atoms with E-state index in [0.717, 1.165) is 11.5 Å². The summed E-state index contributed by atoms with van der Waals surface area (Å²) < 4.78 is 0. The zero-order valence-electron chi connectivity index (χ0n) is 11.0. The van der Waals surface area contributed by atoms with Gasteiger partial charge in [0.1, 0.15) is 11.6 Å². The van der Waals surface area contributed by atoms with Gasteiger partial charge in [-0.1, -0.05) is 19.9 Å². The summed E-state index contributed by atoms with van der Waals surface area (Å²) >= 11 is 0. The highest BCUT2D eigenvalue weighted by Gasteiger charge is 2.06. The van der Waals surface area contributed by atoms with E-state index in [1.165, 1.54) is 5.56 Å². The lowest BCUT2D eigenvalue weighted by molar-refractivity contribution is 0.475. The fourth-order valence-electron chi connectivity index (χ4n) is 1.75. The van der Waals surface area contributed by atoms with E-state index in [1.54, 1.807) is 12.1 Å². The van der Waals surface area contributed by atoms with Crippen LogP contribution in [-0.4, -0.2) is 17.1 Å². The first-order valence-corrected chi connectivity index (χ1v) is 6.06. The number of aromatic nitrogens is 1. The Bertz CT molecular complexity index is 503. The first-order chi connectivity index (χ1) is 8.58. The maximum Gasteiger partial charge on any atom is 0.132 e. The fourth-order valence-corrected chi connectivity index (χ4v) is 1.75. The zero-order valence-corrected chi connectivity index (χ0v) is 11.0. The predicted octanol–water partition coefficient (Wildman–Crippen LogP) is 3.68. The Morgan fingerprint density at radius 2 is 1.72 bits per heavy atom. The predicted molar refractivity (Wildman–Crippen MR) is 74.5 cm³/mol. The minimum Gasteiger partial charge on any atom is -0.508 e. The molecule has 0 atom stereocenters. The van der Waals surface area contributed by atoms with E-state index in [4.69, 9.17) is 0 Å². The van der Waals surface area contributed by atoms with E-state index in [9.17, 15) is 5.11 Å². The van der Waals surface area contributed by atoms with E-state index in [1.807, 2.05) is 36.3 Å². The van der Waals surface area contributed by atoms with Gasteiger partial charge in [-0.3, -0.25) is 0 Å². The molecule has 0 radical (unpaired) electrons. The lowest BCUT2D eigenvalue weighted by Crippen LogP contribution is -2.11. The third kappa shape index (κ3) is 2.62. The smallest absolute Gasteiger partial charge is 0.132 e. The topological polar surface area (TPSA) is 36.4 Å². The minimum atomic E-state index is 0.273. The molecule has 0 aliphatic carbocycles. The number of hydrogen-bond acceptors (Lipinski definition) is 3. The molecule has 1 heterocycles. The Hall–Kier alpha value is -2.03. The standard InChI is InChI=1S/C15H18N2O/c1-11(2)12-4-9-15(16-10-12)17(3)13-5-7-14(18)8-6-13/h4-11,18H,1-3H3. The molecule has 1 N–H and O–H groups in total. The molecule has 3 heteroatoms. The van der Waals surface area contributed by atoms with Crippen molar-refractivity contribution in [2.45, 2.75) is 19.8 Å². The summed E-state index contributed by atoms with van der Waals surface area (Å²) in [6.45, 7) is 4.31. The van der Waals surface area contributed by atoms with Crippen LogP contribution in [0.5, 0.6) is 5.75 Å². The molecule has 0 amide bonds. The van der Waals surface area contributed by atoms with Crippen LogP contribution in [0, 0.1) is 0 Å². The Morgan fingerprint density at radius 3 is 2.22 bits per heavy atom. The maximum absolute atomic E-state index is 9.27. The lowest BCUT2D eigenvalue weighted by Gasteiger charge is -2.18. The van der Waals surface area contributed by atoms with E-state index < -0.39 is 0 Å². The highest BCUT2D eigenvalue weighted by Crippen LogP contribution is 2.24. The number of hydrogen-bond donors (Lipinski definition) is 1. The molecule has 2 rings (SSSR count). The number of aromatic hydroxyl groups is 1. The van der Waals surface area contributed by atoms with Gasteiger partial charge in [-0.25, -0.2) is 4.98 Å². The third-order valence-electron chi connectivity index (χ3n) is 3.02. The van der Waals surface area contributed by atoms with Crippen LogP contribution < -0.4 is 4.90 Å². The number of nitrogens with zero attached hydrogens (tertiary/aromatic N) is 2. The molecule has 0 aliphatic heterocycles. The number of phenolic OH excluding ortho intramolecular Hbond substituents is 1. The minimum absolute atomic E-state index is 0.273. The lowest BCUT2D eigenvalue weighted by atomic mass is 10.1. The van der Waals surface area contributed by atoms with Gasteiger partial charge in [0.25, 0.3) is 0 Å². The molecular formula is C15H18N2O. The summed E-state index contributed by atoms with van der Waals surface area (Å²) in [6, 6.07) is 11.2. The van der Waals surface area contributed by atoms with Crippen molar-refractivity contribution in [2.24, 2.45) is 0 Å². The summed E-state index contributed by atoms with van der Waals surface area (Å²) in [4.78, 5) is 6.45. The molecule has 3 nitrogen and oxygen atoms in total. The Balaban J connectivity index is 2.23. The van der Waals surface area contributed by atoms with Crippen LogP contribution >= 0.6 is 0 Å². The first kappa shape index (κ1) is 12.4. The van der Waals surface area contributed by atoms with Crippen molar-refractivity contribution in [1.82, 2.24) is 4.98 Å². The molecule has 94 valence electrons. The highest BCUT2D eigenvalue weighted by atomic mass is 16.3. The van der Waals surface area contributed by atoms with Crippen molar-refractivity contribution < 1.29 is 5.11 Å². The van der Waals surface area contributed by atoms with E-state index >= 15 is 0 Å². The zero-order chi connectivity index (χ0) is 13.1. The number of anilines is 2. The van der Waals surface area contributed by atoms with Crippen molar-refractivity contribution in [2.75, 3.05) is 11.9 Å². The SMILES string of the molecule is CC(C)c1ccc(N(C)c2ccc(O)cc2)nc1. The molecule has 1 aromatic heterocycles. The van der Waals surface area contributed by atoms with E-state index in [0.29, 0.717) is 5.92 Å². The Morgan fingerprint density at radius 1 is 1.06 bits per heavy atom. The Labute approximate surface area is 108 Å². The first-order valence-electron chi connectivity index (χ1n) is 6.06. The summed E-state index contributed by atoms with van der Waals surface area (Å²) in [5.74, 6) is 1.66. The Kier molecular flexibility index (Phi) is 3.51. The van der Waals surface area contributed by atoms with Gasteiger partial charge in [-0.05, 0) is 41.8 Å². The molecular weight excluding hydrogens is 224 g/mol. The van der Waals surface area contributed by atoms with Crippen LogP contribution in [-0.2, 0) is 0 Å². The van der Waals surface area contributed by atoms with Crippen molar-refractivity contribution in [1.29, 1.82) is 0 Å². The van der Waals surface area contributed by atoms with Crippen LogP contribution in [0.1, 0.15) is 25.3 Å². The normalized spacial score (nSPS) is 10.7.